The van der Waals surface area contributed by atoms with Crippen LogP contribution in [0.5, 0.6) is 0 Å². The summed E-state index contributed by atoms with van der Waals surface area (Å²) in [6.07, 6.45) is 10.1. The fraction of sp³-hybridized carbons (Fsp3) is 0.357. The molecule has 0 spiro atoms. The highest BCUT2D eigenvalue weighted by atomic mass is 32.1. The normalized spacial score (nSPS) is 15.0. The van der Waals surface area contributed by atoms with Gasteiger partial charge in [0.05, 0.1) is 5.56 Å². The Labute approximate surface area is 105 Å². The second kappa shape index (κ2) is 4.38. The number of hydrogen-bond acceptors (Lipinski definition) is 2. The third-order valence-corrected chi connectivity index (χ3v) is 4.66. The molecule has 17 heavy (non-hydrogen) atoms. The minimum atomic E-state index is 0.906. The Morgan fingerprint density at radius 2 is 1.88 bits per heavy atom. The highest BCUT2D eigenvalue weighted by Gasteiger charge is 2.20. The number of fused-ring (bicyclic) bond motifs is 1. The largest absolute Gasteiger partial charge is 0.314 e. The van der Waals surface area contributed by atoms with Crippen LogP contribution in [0.2, 0.25) is 0 Å². The summed E-state index contributed by atoms with van der Waals surface area (Å²) in [4.78, 5) is 1.43. The van der Waals surface area contributed by atoms with E-state index in [2.05, 4.69) is 10.6 Å². The van der Waals surface area contributed by atoms with Gasteiger partial charge in [-0.15, -0.1) is 11.3 Å². The van der Waals surface area contributed by atoms with E-state index < -0.39 is 0 Å². The second-order valence-electron chi connectivity index (χ2n) is 4.45. The fourth-order valence-electron chi connectivity index (χ4n) is 2.50. The van der Waals surface area contributed by atoms with Crippen molar-refractivity contribution in [2.75, 3.05) is 0 Å². The molecule has 0 unspecified atom stereocenters. The number of hydrogen-bond donors (Lipinski definition) is 0. The van der Waals surface area contributed by atoms with Crippen LogP contribution in [0.1, 0.15) is 35.3 Å². The monoisotopic (exact) mass is 242 g/mol. The summed E-state index contributed by atoms with van der Waals surface area (Å²) >= 11 is 1.80. The van der Waals surface area contributed by atoms with Gasteiger partial charge in [-0.2, -0.15) is 5.26 Å². The number of nitriles is 1. The quantitative estimate of drug-likeness (QED) is 0.701. The molecule has 1 aliphatic rings. The van der Waals surface area contributed by atoms with Crippen molar-refractivity contribution < 1.29 is 0 Å². The van der Waals surface area contributed by atoms with Gasteiger partial charge >= 0.3 is 0 Å². The van der Waals surface area contributed by atoms with Gasteiger partial charge in [-0.25, -0.2) is 0 Å². The SMILES string of the molecule is N#Cc1c(-n2cccc2)sc2c1CCCCC2. The van der Waals surface area contributed by atoms with Crippen molar-refractivity contribution in [1.29, 1.82) is 5.26 Å². The van der Waals surface area contributed by atoms with E-state index in [1.165, 1.54) is 29.7 Å². The average molecular weight is 242 g/mol. The number of aryl methyl sites for hydroxylation is 1. The molecule has 0 N–H and O–H groups in total. The molecule has 0 atom stereocenters. The molecule has 0 fully saturated rings. The maximum atomic E-state index is 9.40. The van der Waals surface area contributed by atoms with E-state index in [9.17, 15) is 5.26 Å². The number of rotatable bonds is 1. The Kier molecular flexibility index (Phi) is 2.74. The minimum Gasteiger partial charge on any atom is -0.314 e. The van der Waals surface area contributed by atoms with Crippen LogP contribution in [0.15, 0.2) is 24.5 Å². The zero-order valence-electron chi connectivity index (χ0n) is 9.65. The second-order valence-corrected chi connectivity index (χ2v) is 5.53. The molecule has 0 bridgehead atoms. The Morgan fingerprint density at radius 1 is 1.12 bits per heavy atom. The molecule has 0 saturated heterocycles. The zero-order valence-corrected chi connectivity index (χ0v) is 10.5. The summed E-state index contributed by atoms with van der Waals surface area (Å²) < 4.78 is 2.07. The van der Waals surface area contributed by atoms with E-state index in [-0.39, 0.29) is 0 Å². The minimum absolute atomic E-state index is 0.906. The van der Waals surface area contributed by atoms with Crippen LogP contribution in [0.4, 0.5) is 0 Å². The van der Waals surface area contributed by atoms with Crippen molar-refractivity contribution >= 4 is 11.3 Å². The first-order valence-electron chi connectivity index (χ1n) is 6.08. The van der Waals surface area contributed by atoms with Crippen molar-refractivity contribution in [2.24, 2.45) is 0 Å². The van der Waals surface area contributed by atoms with Crippen LogP contribution >= 0.6 is 11.3 Å². The van der Waals surface area contributed by atoms with E-state index >= 15 is 0 Å². The molecular formula is C14H14N2S. The van der Waals surface area contributed by atoms with Gasteiger partial charge in [-0.05, 0) is 43.4 Å². The van der Waals surface area contributed by atoms with Crippen LogP contribution in [-0.4, -0.2) is 4.57 Å². The van der Waals surface area contributed by atoms with E-state index in [4.69, 9.17) is 0 Å². The molecule has 2 nitrogen and oxygen atoms in total. The maximum absolute atomic E-state index is 9.40. The van der Waals surface area contributed by atoms with Crippen molar-refractivity contribution in [3.63, 3.8) is 0 Å². The summed E-state index contributed by atoms with van der Waals surface area (Å²) in [5.41, 5.74) is 2.22. The van der Waals surface area contributed by atoms with Crippen molar-refractivity contribution in [1.82, 2.24) is 4.57 Å². The summed E-state index contributed by atoms with van der Waals surface area (Å²) in [5, 5.41) is 10.5. The molecule has 0 saturated carbocycles. The molecule has 2 aromatic heterocycles. The van der Waals surface area contributed by atoms with Gasteiger partial charge in [0.15, 0.2) is 0 Å². The summed E-state index contributed by atoms with van der Waals surface area (Å²) in [5.74, 6) is 0. The van der Waals surface area contributed by atoms with Gasteiger partial charge in [0.2, 0.25) is 0 Å². The Hall–Kier alpha value is -1.53. The highest BCUT2D eigenvalue weighted by molar-refractivity contribution is 7.15. The Balaban J connectivity index is 2.15. The molecule has 3 heteroatoms. The number of nitrogens with zero attached hydrogens (tertiary/aromatic N) is 2. The lowest BCUT2D eigenvalue weighted by molar-refractivity contribution is 0.712. The van der Waals surface area contributed by atoms with Gasteiger partial charge < -0.3 is 4.57 Å². The van der Waals surface area contributed by atoms with E-state index in [1.807, 2.05) is 24.5 Å². The third-order valence-electron chi connectivity index (χ3n) is 3.35. The summed E-state index contributed by atoms with van der Waals surface area (Å²) in [6.45, 7) is 0. The van der Waals surface area contributed by atoms with E-state index in [1.54, 1.807) is 11.3 Å². The smallest absolute Gasteiger partial charge is 0.118 e. The molecule has 0 aromatic carbocycles. The van der Waals surface area contributed by atoms with Crippen molar-refractivity contribution in [3.05, 3.63) is 40.5 Å². The lowest BCUT2D eigenvalue weighted by Crippen LogP contribution is -1.92. The zero-order chi connectivity index (χ0) is 11.7. The van der Waals surface area contributed by atoms with Gasteiger partial charge in [0, 0.05) is 17.3 Å². The topological polar surface area (TPSA) is 28.7 Å². The Bertz CT molecular complexity index is 558. The molecule has 2 aromatic rings. The third kappa shape index (κ3) is 1.79. The summed E-state index contributed by atoms with van der Waals surface area (Å²) in [7, 11) is 0. The first kappa shape index (κ1) is 10.6. The van der Waals surface area contributed by atoms with Crippen LogP contribution in [0, 0.1) is 11.3 Å². The fourth-order valence-corrected chi connectivity index (χ4v) is 3.80. The van der Waals surface area contributed by atoms with Crippen molar-refractivity contribution in [2.45, 2.75) is 32.1 Å². The molecular weight excluding hydrogens is 228 g/mol. The lowest BCUT2D eigenvalue weighted by Gasteiger charge is -2.00. The predicted octanol–water partition coefficient (Wildman–Crippen LogP) is 3.68. The van der Waals surface area contributed by atoms with Crippen LogP contribution < -0.4 is 0 Å². The van der Waals surface area contributed by atoms with Gasteiger partial charge in [-0.1, -0.05) is 6.42 Å². The Morgan fingerprint density at radius 3 is 2.65 bits per heavy atom. The predicted molar refractivity (Wildman–Crippen MR) is 69.6 cm³/mol. The average Bonchev–Trinajstić information content (AvgIpc) is 2.92. The lowest BCUT2D eigenvalue weighted by atomic mass is 10.1. The first-order valence-corrected chi connectivity index (χ1v) is 6.90. The van der Waals surface area contributed by atoms with Gasteiger partial charge in [0.25, 0.3) is 0 Å². The van der Waals surface area contributed by atoms with Crippen LogP contribution in [-0.2, 0) is 12.8 Å². The maximum Gasteiger partial charge on any atom is 0.118 e. The molecule has 3 rings (SSSR count). The molecule has 0 amide bonds. The molecule has 2 heterocycles. The van der Waals surface area contributed by atoms with Crippen LogP contribution in [0.25, 0.3) is 5.00 Å². The number of thiophene rings is 1. The van der Waals surface area contributed by atoms with Crippen molar-refractivity contribution in [3.8, 4) is 11.1 Å². The van der Waals surface area contributed by atoms with E-state index in [0.29, 0.717) is 0 Å². The molecule has 86 valence electrons. The first-order chi connectivity index (χ1) is 8.40. The van der Waals surface area contributed by atoms with Gasteiger partial charge in [-0.3, -0.25) is 0 Å². The summed E-state index contributed by atoms with van der Waals surface area (Å²) in [6, 6.07) is 6.42. The van der Waals surface area contributed by atoms with Gasteiger partial charge in [0.1, 0.15) is 11.1 Å². The molecule has 1 aliphatic carbocycles. The van der Waals surface area contributed by atoms with E-state index in [0.717, 1.165) is 23.4 Å². The highest BCUT2D eigenvalue weighted by Crippen LogP contribution is 2.35. The molecule has 0 aliphatic heterocycles. The van der Waals surface area contributed by atoms with Crippen LogP contribution in [0.3, 0.4) is 0 Å². The standard InChI is InChI=1S/C14H14N2S/c15-10-12-11-6-2-1-3-7-13(11)17-14(12)16-8-4-5-9-16/h4-5,8-9H,1-3,6-7H2. The molecule has 0 radical (unpaired) electrons. The number of aromatic nitrogens is 1.